The Morgan fingerprint density at radius 1 is 1.58 bits per heavy atom. The molecule has 0 saturated carbocycles. The van der Waals surface area contributed by atoms with Gasteiger partial charge in [0, 0.05) is 24.0 Å². The van der Waals surface area contributed by atoms with E-state index in [1.54, 1.807) is 11.3 Å². The van der Waals surface area contributed by atoms with Gasteiger partial charge in [0.05, 0.1) is 10.9 Å². The summed E-state index contributed by atoms with van der Waals surface area (Å²) in [6.45, 7) is 1.05. The van der Waals surface area contributed by atoms with E-state index in [9.17, 15) is 0 Å². The van der Waals surface area contributed by atoms with Gasteiger partial charge >= 0.3 is 0 Å². The summed E-state index contributed by atoms with van der Waals surface area (Å²) >= 11 is 7.37. The highest BCUT2D eigenvalue weighted by molar-refractivity contribution is 7.11. The van der Waals surface area contributed by atoms with Gasteiger partial charge < -0.3 is 4.90 Å². The van der Waals surface area contributed by atoms with E-state index < -0.39 is 0 Å². The van der Waals surface area contributed by atoms with Crippen molar-refractivity contribution in [2.24, 2.45) is 0 Å². The van der Waals surface area contributed by atoms with Crippen molar-refractivity contribution in [3.05, 3.63) is 16.1 Å². The second kappa shape index (κ2) is 4.80. The molecule has 0 fully saturated rings. The summed E-state index contributed by atoms with van der Waals surface area (Å²) in [5.41, 5.74) is 0. The fourth-order valence-electron chi connectivity index (χ4n) is 0.845. The first-order valence-electron chi connectivity index (χ1n) is 3.86. The van der Waals surface area contributed by atoms with E-state index in [1.807, 2.05) is 6.20 Å². The van der Waals surface area contributed by atoms with Crippen LogP contribution in [-0.4, -0.2) is 30.5 Å². The summed E-state index contributed by atoms with van der Waals surface area (Å²) in [5, 5.41) is 1.18. The lowest BCUT2D eigenvalue weighted by molar-refractivity contribution is 0.413. The SMILES string of the molecule is CN(C)CCc1ncc(CCl)s1. The van der Waals surface area contributed by atoms with Crippen LogP contribution < -0.4 is 0 Å². The maximum Gasteiger partial charge on any atom is 0.0940 e. The van der Waals surface area contributed by atoms with Gasteiger partial charge in [-0.1, -0.05) is 0 Å². The number of likely N-dealkylation sites (N-methyl/N-ethyl adjacent to an activating group) is 1. The molecular formula is C8H13ClN2S. The van der Waals surface area contributed by atoms with Crippen molar-refractivity contribution >= 4 is 22.9 Å². The standard InChI is InChI=1S/C8H13ClN2S/c1-11(2)4-3-8-10-6-7(5-9)12-8/h6H,3-5H2,1-2H3. The summed E-state index contributed by atoms with van der Waals surface area (Å²) in [7, 11) is 4.13. The molecule has 0 N–H and O–H groups in total. The van der Waals surface area contributed by atoms with Gasteiger partial charge in [-0.3, -0.25) is 0 Å². The van der Waals surface area contributed by atoms with Crippen LogP contribution in [0.15, 0.2) is 6.20 Å². The van der Waals surface area contributed by atoms with Crippen LogP contribution in [-0.2, 0) is 12.3 Å². The molecule has 0 saturated heterocycles. The first kappa shape index (κ1) is 9.96. The monoisotopic (exact) mass is 204 g/mol. The lowest BCUT2D eigenvalue weighted by atomic mass is 10.4. The molecule has 1 aromatic heterocycles. The zero-order valence-electron chi connectivity index (χ0n) is 7.38. The van der Waals surface area contributed by atoms with Gasteiger partial charge in [-0.05, 0) is 14.1 Å². The van der Waals surface area contributed by atoms with E-state index in [1.165, 1.54) is 5.01 Å². The molecule has 0 unspecified atom stereocenters. The third-order valence-electron chi connectivity index (χ3n) is 1.51. The zero-order valence-corrected chi connectivity index (χ0v) is 8.95. The Kier molecular flexibility index (Phi) is 3.98. The average molecular weight is 205 g/mol. The Morgan fingerprint density at radius 2 is 2.33 bits per heavy atom. The van der Waals surface area contributed by atoms with Crippen LogP contribution in [0.25, 0.3) is 0 Å². The minimum Gasteiger partial charge on any atom is -0.309 e. The van der Waals surface area contributed by atoms with Crippen molar-refractivity contribution in [3.8, 4) is 0 Å². The average Bonchev–Trinajstić information content (AvgIpc) is 2.48. The Bertz CT molecular complexity index is 235. The van der Waals surface area contributed by atoms with Gasteiger partial charge in [0.25, 0.3) is 0 Å². The Balaban J connectivity index is 2.41. The molecular weight excluding hydrogens is 192 g/mol. The van der Waals surface area contributed by atoms with Gasteiger partial charge in [0.15, 0.2) is 0 Å². The highest BCUT2D eigenvalue weighted by Gasteiger charge is 2.00. The van der Waals surface area contributed by atoms with E-state index >= 15 is 0 Å². The largest absolute Gasteiger partial charge is 0.309 e. The quantitative estimate of drug-likeness (QED) is 0.698. The molecule has 68 valence electrons. The third-order valence-corrected chi connectivity index (χ3v) is 3.01. The highest BCUT2D eigenvalue weighted by atomic mass is 35.5. The molecule has 1 rings (SSSR count). The number of alkyl halides is 1. The van der Waals surface area contributed by atoms with Crippen molar-refractivity contribution < 1.29 is 0 Å². The summed E-state index contributed by atoms with van der Waals surface area (Å²) in [6.07, 6.45) is 2.89. The second-order valence-electron chi connectivity index (χ2n) is 2.91. The predicted molar refractivity (Wildman–Crippen MR) is 53.9 cm³/mol. The van der Waals surface area contributed by atoms with Gasteiger partial charge in [-0.2, -0.15) is 0 Å². The van der Waals surface area contributed by atoms with E-state index in [-0.39, 0.29) is 0 Å². The van der Waals surface area contributed by atoms with Crippen molar-refractivity contribution in [1.29, 1.82) is 0 Å². The zero-order chi connectivity index (χ0) is 8.97. The normalized spacial score (nSPS) is 11.0. The van der Waals surface area contributed by atoms with Crippen LogP contribution in [0.3, 0.4) is 0 Å². The summed E-state index contributed by atoms with van der Waals surface area (Å²) < 4.78 is 0. The predicted octanol–water partition coefficient (Wildman–Crippen LogP) is 1.99. The first-order chi connectivity index (χ1) is 5.72. The van der Waals surface area contributed by atoms with E-state index in [4.69, 9.17) is 11.6 Å². The second-order valence-corrected chi connectivity index (χ2v) is 4.37. The van der Waals surface area contributed by atoms with Crippen LogP contribution in [0, 0.1) is 0 Å². The molecule has 0 aliphatic rings. The maximum absolute atomic E-state index is 5.66. The number of thiazole rings is 1. The number of nitrogens with zero attached hydrogens (tertiary/aromatic N) is 2. The van der Waals surface area contributed by atoms with Gasteiger partial charge in [0.1, 0.15) is 0 Å². The van der Waals surface area contributed by atoms with Gasteiger partial charge in [-0.15, -0.1) is 22.9 Å². The summed E-state index contributed by atoms with van der Waals surface area (Å²) in [6, 6.07) is 0. The third kappa shape index (κ3) is 3.09. The summed E-state index contributed by atoms with van der Waals surface area (Å²) in [4.78, 5) is 7.58. The number of rotatable bonds is 4. The maximum atomic E-state index is 5.66. The molecule has 0 atom stereocenters. The molecule has 4 heteroatoms. The fraction of sp³-hybridized carbons (Fsp3) is 0.625. The van der Waals surface area contributed by atoms with Crippen molar-refractivity contribution in [3.63, 3.8) is 0 Å². The fourth-order valence-corrected chi connectivity index (χ4v) is 1.84. The number of hydrogen-bond acceptors (Lipinski definition) is 3. The van der Waals surface area contributed by atoms with E-state index in [2.05, 4.69) is 24.0 Å². The van der Waals surface area contributed by atoms with Crippen LogP contribution in [0.4, 0.5) is 0 Å². The molecule has 0 aromatic carbocycles. The van der Waals surface area contributed by atoms with Crippen LogP contribution >= 0.6 is 22.9 Å². The van der Waals surface area contributed by atoms with Crippen molar-refractivity contribution in [2.45, 2.75) is 12.3 Å². The molecule has 1 aromatic rings. The molecule has 0 aliphatic carbocycles. The topological polar surface area (TPSA) is 16.1 Å². The molecule has 2 nitrogen and oxygen atoms in total. The Labute approximate surface area is 82.2 Å². The van der Waals surface area contributed by atoms with Crippen LogP contribution in [0.1, 0.15) is 9.88 Å². The first-order valence-corrected chi connectivity index (χ1v) is 5.21. The lowest BCUT2D eigenvalue weighted by Crippen LogP contribution is -2.14. The molecule has 1 heterocycles. The number of hydrogen-bond donors (Lipinski definition) is 0. The highest BCUT2D eigenvalue weighted by Crippen LogP contribution is 2.15. The molecule has 0 radical (unpaired) electrons. The van der Waals surface area contributed by atoms with E-state index in [0.29, 0.717) is 5.88 Å². The van der Waals surface area contributed by atoms with Crippen LogP contribution in [0.2, 0.25) is 0 Å². The minimum absolute atomic E-state index is 0.583. The van der Waals surface area contributed by atoms with Crippen LogP contribution in [0.5, 0.6) is 0 Å². The van der Waals surface area contributed by atoms with Crippen molar-refractivity contribution in [2.75, 3.05) is 20.6 Å². The molecule has 0 amide bonds. The van der Waals surface area contributed by atoms with Crippen molar-refractivity contribution in [1.82, 2.24) is 9.88 Å². The minimum atomic E-state index is 0.583. The Hall–Kier alpha value is -0.120. The lowest BCUT2D eigenvalue weighted by Gasteiger charge is -2.06. The molecule has 0 spiro atoms. The molecule has 0 aliphatic heterocycles. The smallest absolute Gasteiger partial charge is 0.0940 e. The van der Waals surface area contributed by atoms with E-state index in [0.717, 1.165) is 17.8 Å². The summed E-state index contributed by atoms with van der Waals surface area (Å²) in [5.74, 6) is 0.583. The Morgan fingerprint density at radius 3 is 2.83 bits per heavy atom. The molecule has 12 heavy (non-hydrogen) atoms. The van der Waals surface area contributed by atoms with Gasteiger partial charge in [-0.25, -0.2) is 4.98 Å². The molecule has 0 bridgehead atoms. The van der Waals surface area contributed by atoms with Gasteiger partial charge in [0.2, 0.25) is 0 Å². The number of aromatic nitrogens is 1. The number of halogens is 1.